The maximum atomic E-state index is 12.1. The Bertz CT molecular complexity index is 986. The van der Waals surface area contributed by atoms with Gasteiger partial charge in [-0.1, -0.05) is 54.1 Å². The van der Waals surface area contributed by atoms with Crippen LogP contribution in [0.4, 0.5) is 0 Å². The molecule has 5 nitrogen and oxygen atoms in total. The van der Waals surface area contributed by atoms with E-state index in [0.717, 1.165) is 11.1 Å². The number of hydrazone groups is 1. The molecule has 3 aromatic carbocycles. The lowest BCUT2D eigenvalue weighted by Gasteiger charge is -2.06. The Kier molecular flexibility index (Phi) is 6.54. The second-order valence-electron chi connectivity index (χ2n) is 5.89. The number of benzene rings is 3. The van der Waals surface area contributed by atoms with Gasteiger partial charge in [0.25, 0.3) is 0 Å². The summed E-state index contributed by atoms with van der Waals surface area (Å²) in [6.07, 6.45) is 1.78. The van der Waals surface area contributed by atoms with E-state index in [1.807, 2.05) is 30.3 Å². The predicted octanol–water partition coefficient (Wildman–Crippen LogP) is 4.25. The zero-order valence-corrected chi connectivity index (χ0v) is 15.6. The number of carbonyl (C=O) groups is 2. The first-order valence-electron chi connectivity index (χ1n) is 8.54. The van der Waals surface area contributed by atoms with E-state index in [2.05, 4.69) is 10.5 Å². The summed E-state index contributed by atoms with van der Waals surface area (Å²) >= 11 is 5.99. The smallest absolute Gasteiger partial charge is 0.345 e. The number of carbonyl (C=O) groups excluding carboxylic acids is 2. The van der Waals surface area contributed by atoms with E-state index in [1.54, 1.807) is 48.5 Å². The van der Waals surface area contributed by atoms with Gasteiger partial charge in [0, 0.05) is 0 Å². The Labute approximate surface area is 167 Å². The van der Waals surface area contributed by atoms with Gasteiger partial charge in [-0.05, 0) is 47.5 Å². The van der Waals surface area contributed by atoms with E-state index in [-0.39, 0.29) is 12.3 Å². The normalized spacial score (nSPS) is 10.6. The maximum absolute atomic E-state index is 12.1. The number of rotatable bonds is 6. The highest BCUT2D eigenvalue weighted by Crippen LogP contribution is 2.18. The number of ether oxygens (including phenoxy) is 1. The minimum absolute atomic E-state index is 0.201. The summed E-state index contributed by atoms with van der Waals surface area (Å²) in [4.78, 5) is 24.0. The number of hydrogen-bond donors (Lipinski definition) is 1. The summed E-state index contributed by atoms with van der Waals surface area (Å²) in [7, 11) is 0. The summed E-state index contributed by atoms with van der Waals surface area (Å²) in [6.45, 7) is 0. The molecule has 0 bridgehead atoms. The third-order valence-electron chi connectivity index (χ3n) is 3.79. The third kappa shape index (κ3) is 5.53. The number of halogens is 1. The first-order valence-corrected chi connectivity index (χ1v) is 8.92. The van der Waals surface area contributed by atoms with Crippen LogP contribution in [0, 0.1) is 0 Å². The molecular formula is C22H17ClN2O3. The molecule has 3 aromatic rings. The van der Waals surface area contributed by atoms with Gasteiger partial charge in [-0.15, -0.1) is 0 Å². The molecule has 6 heteroatoms. The van der Waals surface area contributed by atoms with Crippen LogP contribution < -0.4 is 10.2 Å². The molecule has 0 atom stereocenters. The average molecular weight is 393 g/mol. The van der Waals surface area contributed by atoms with Crippen LogP contribution >= 0.6 is 11.6 Å². The largest absolute Gasteiger partial charge is 0.423 e. The fourth-order valence-corrected chi connectivity index (χ4v) is 2.62. The first kappa shape index (κ1) is 19.3. The maximum Gasteiger partial charge on any atom is 0.345 e. The molecule has 0 saturated heterocycles. The summed E-state index contributed by atoms with van der Waals surface area (Å²) < 4.78 is 5.31. The molecule has 0 unspecified atom stereocenters. The van der Waals surface area contributed by atoms with Gasteiger partial charge in [-0.2, -0.15) is 5.10 Å². The van der Waals surface area contributed by atoms with Gasteiger partial charge in [-0.3, -0.25) is 4.79 Å². The second-order valence-corrected chi connectivity index (χ2v) is 6.30. The molecule has 0 aliphatic carbocycles. The van der Waals surface area contributed by atoms with Crippen molar-refractivity contribution >= 4 is 29.7 Å². The quantitative estimate of drug-likeness (QED) is 0.295. The highest BCUT2D eigenvalue weighted by molar-refractivity contribution is 6.33. The molecule has 0 aliphatic heterocycles. The highest BCUT2D eigenvalue weighted by Gasteiger charge is 2.11. The molecule has 0 saturated carbocycles. The summed E-state index contributed by atoms with van der Waals surface area (Å²) in [5.41, 5.74) is 4.45. The molecule has 0 spiro atoms. The monoisotopic (exact) mass is 392 g/mol. The molecule has 3 rings (SSSR count). The van der Waals surface area contributed by atoms with Crippen molar-refractivity contribution in [3.05, 3.63) is 101 Å². The van der Waals surface area contributed by atoms with Gasteiger partial charge >= 0.3 is 5.97 Å². The van der Waals surface area contributed by atoms with E-state index in [1.165, 1.54) is 6.21 Å². The predicted molar refractivity (Wildman–Crippen MR) is 109 cm³/mol. The summed E-state index contributed by atoms with van der Waals surface area (Å²) in [5.74, 6) is -0.344. The van der Waals surface area contributed by atoms with Crippen molar-refractivity contribution in [2.45, 2.75) is 6.42 Å². The Morgan fingerprint density at radius 1 is 0.929 bits per heavy atom. The van der Waals surface area contributed by atoms with E-state index in [9.17, 15) is 9.59 Å². The Balaban J connectivity index is 1.52. The van der Waals surface area contributed by atoms with Gasteiger partial charge in [0.1, 0.15) is 5.75 Å². The SMILES string of the molecule is O=C(Cc1ccccc1)N/N=C\c1ccc(OC(=O)c2ccccc2Cl)cc1. The summed E-state index contributed by atoms with van der Waals surface area (Å²) in [6, 6.07) is 22.8. The van der Waals surface area contributed by atoms with Gasteiger partial charge < -0.3 is 4.74 Å². The van der Waals surface area contributed by atoms with Crippen LogP contribution in [0.25, 0.3) is 0 Å². The molecule has 0 radical (unpaired) electrons. The molecule has 0 heterocycles. The third-order valence-corrected chi connectivity index (χ3v) is 4.12. The topological polar surface area (TPSA) is 67.8 Å². The molecule has 0 aromatic heterocycles. The minimum atomic E-state index is -0.528. The standard InChI is InChI=1S/C22H17ClN2O3/c23-20-9-5-4-8-19(20)22(27)28-18-12-10-17(11-13-18)15-24-25-21(26)14-16-6-2-1-3-7-16/h1-13,15H,14H2,(H,25,26)/b24-15-. The van der Waals surface area contributed by atoms with Crippen molar-refractivity contribution < 1.29 is 14.3 Å². The number of nitrogens with one attached hydrogen (secondary N) is 1. The lowest BCUT2D eigenvalue weighted by Crippen LogP contribution is -2.19. The van der Waals surface area contributed by atoms with Crippen LogP contribution in [0.1, 0.15) is 21.5 Å². The van der Waals surface area contributed by atoms with Gasteiger partial charge in [-0.25, -0.2) is 10.2 Å². The average Bonchev–Trinajstić information content (AvgIpc) is 2.70. The van der Waals surface area contributed by atoms with E-state index < -0.39 is 5.97 Å². The lowest BCUT2D eigenvalue weighted by atomic mass is 10.1. The van der Waals surface area contributed by atoms with Crippen molar-refractivity contribution in [2.75, 3.05) is 0 Å². The van der Waals surface area contributed by atoms with Crippen LogP contribution in [0.3, 0.4) is 0 Å². The highest BCUT2D eigenvalue weighted by atomic mass is 35.5. The lowest BCUT2D eigenvalue weighted by molar-refractivity contribution is -0.120. The zero-order chi connectivity index (χ0) is 19.8. The fourth-order valence-electron chi connectivity index (χ4n) is 2.41. The van der Waals surface area contributed by atoms with E-state index >= 15 is 0 Å². The van der Waals surface area contributed by atoms with Gasteiger partial charge in [0.05, 0.1) is 23.2 Å². The van der Waals surface area contributed by atoms with Crippen LogP contribution in [0.5, 0.6) is 5.75 Å². The minimum Gasteiger partial charge on any atom is -0.423 e. The number of amides is 1. The molecule has 140 valence electrons. The molecule has 1 amide bonds. The molecule has 0 aliphatic rings. The summed E-state index contributed by atoms with van der Waals surface area (Å²) in [5, 5.41) is 4.27. The molecular weight excluding hydrogens is 376 g/mol. The zero-order valence-electron chi connectivity index (χ0n) is 14.8. The molecule has 1 N–H and O–H groups in total. The van der Waals surface area contributed by atoms with Crippen LogP contribution in [0.15, 0.2) is 84.0 Å². The van der Waals surface area contributed by atoms with Crippen LogP contribution in [-0.2, 0) is 11.2 Å². The van der Waals surface area contributed by atoms with Crippen molar-refractivity contribution in [3.8, 4) is 5.75 Å². The van der Waals surface area contributed by atoms with Gasteiger partial charge in [0.2, 0.25) is 5.91 Å². The molecule has 0 fully saturated rings. The molecule has 28 heavy (non-hydrogen) atoms. The van der Waals surface area contributed by atoms with Gasteiger partial charge in [0.15, 0.2) is 0 Å². The Hall–Kier alpha value is -3.44. The second kappa shape index (κ2) is 9.48. The van der Waals surface area contributed by atoms with Crippen LogP contribution in [0.2, 0.25) is 5.02 Å². The number of hydrogen-bond acceptors (Lipinski definition) is 4. The number of nitrogens with zero attached hydrogens (tertiary/aromatic N) is 1. The van der Waals surface area contributed by atoms with Crippen LogP contribution in [-0.4, -0.2) is 18.1 Å². The Morgan fingerprint density at radius 3 is 2.32 bits per heavy atom. The van der Waals surface area contributed by atoms with Crippen molar-refractivity contribution in [1.82, 2.24) is 5.43 Å². The van der Waals surface area contributed by atoms with Crippen molar-refractivity contribution in [2.24, 2.45) is 5.10 Å². The van der Waals surface area contributed by atoms with E-state index in [4.69, 9.17) is 16.3 Å². The number of esters is 1. The van der Waals surface area contributed by atoms with E-state index in [0.29, 0.717) is 16.3 Å². The fraction of sp³-hybridized carbons (Fsp3) is 0.0455. The van der Waals surface area contributed by atoms with Crippen molar-refractivity contribution in [1.29, 1.82) is 0 Å². The van der Waals surface area contributed by atoms with Crippen molar-refractivity contribution in [3.63, 3.8) is 0 Å². The first-order chi connectivity index (χ1) is 13.6. The Morgan fingerprint density at radius 2 is 1.61 bits per heavy atom.